The molecule has 1 heterocycles. The lowest BCUT2D eigenvalue weighted by atomic mass is 9.96. The Morgan fingerprint density at radius 2 is 2.00 bits per heavy atom. The van der Waals surface area contributed by atoms with E-state index in [9.17, 15) is 4.79 Å². The van der Waals surface area contributed by atoms with Crippen LogP contribution in [0.2, 0.25) is 18.1 Å². The molecular weight excluding hydrogens is 220 g/mol. The summed E-state index contributed by atoms with van der Waals surface area (Å²) >= 11 is 0. The number of hydrogen-bond acceptors (Lipinski definition) is 3. The van der Waals surface area contributed by atoms with E-state index in [2.05, 4.69) is 33.9 Å². The van der Waals surface area contributed by atoms with Gasteiger partial charge in [-0.15, -0.1) is 0 Å². The monoisotopic (exact) mass is 244 g/mol. The first-order chi connectivity index (χ1) is 7.06. The molecule has 1 rings (SSSR count). The van der Waals surface area contributed by atoms with Gasteiger partial charge in [-0.2, -0.15) is 0 Å². The molecule has 0 bridgehead atoms. The van der Waals surface area contributed by atoms with Crippen LogP contribution in [0.5, 0.6) is 0 Å². The summed E-state index contributed by atoms with van der Waals surface area (Å²) in [6.45, 7) is 13.6. The molecule has 0 aromatic rings. The number of nitrogens with two attached hydrogens (primary N) is 1. The van der Waals surface area contributed by atoms with Gasteiger partial charge in [-0.05, 0) is 25.1 Å². The minimum Gasteiger partial charge on any atom is -0.413 e. The maximum absolute atomic E-state index is 11.5. The van der Waals surface area contributed by atoms with Gasteiger partial charge in [0.1, 0.15) is 0 Å². The van der Waals surface area contributed by atoms with E-state index in [1.165, 1.54) is 5.01 Å². The lowest BCUT2D eigenvalue weighted by Gasteiger charge is -2.44. The highest BCUT2D eigenvalue weighted by Crippen LogP contribution is 2.38. The van der Waals surface area contributed by atoms with Crippen LogP contribution < -0.4 is 5.84 Å². The molecule has 5 heteroatoms. The third-order valence-electron chi connectivity index (χ3n) is 3.85. The van der Waals surface area contributed by atoms with Crippen LogP contribution in [0, 0.1) is 5.92 Å². The van der Waals surface area contributed by atoms with Crippen molar-refractivity contribution in [2.75, 3.05) is 6.54 Å². The van der Waals surface area contributed by atoms with Crippen molar-refractivity contribution in [2.24, 2.45) is 11.8 Å². The van der Waals surface area contributed by atoms with Gasteiger partial charge < -0.3 is 4.43 Å². The molecular formula is C11H24N2O2Si. The Morgan fingerprint density at radius 3 is 2.31 bits per heavy atom. The topological polar surface area (TPSA) is 55.6 Å². The van der Waals surface area contributed by atoms with E-state index in [1.54, 1.807) is 0 Å². The van der Waals surface area contributed by atoms with Crippen molar-refractivity contribution < 1.29 is 9.22 Å². The van der Waals surface area contributed by atoms with Crippen molar-refractivity contribution >= 4 is 14.2 Å². The summed E-state index contributed by atoms with van der Waals surface area (Å²) in [5.74, 6) is 5.40. The Morgan fingerprint density at radius 1 is 1.50 bits per heavy atom. The van der Waals surface area contributed by atoms with Crippen molar-refractivity contribution in [1.29, 1.82) is 0 Å². The lowest BCUT2D eigenvalue weighted by molar-refractivity contribution is -0.153. The summed E-state index contributed by atoms with van der Waals surface area (Å²) in [5, 5.41) is 1.44. The molecule has 0 aliphatic carbocycles. The highest BCUT2D eigenvalue weighted by molar-refractivity contribution is 6.74. The van der Waals surface area contributed by atoms with Crippen LogP contribution in [0.25, 0.3) is 0 Å². The van der Waals surface area contributed by atoms with Gasteiger partial charge >= 0.3 is 0 Å². The molecule has 0 radical (unpaired) electrons. The Kier molecular flexibility index (Phi) is 3.52. The number of nitrogens with zero attached hydrogens (tertiary/aromatic N) is 1. The van der Waals surface area contributed by atoms with E-state index < -0.39 is 8.32 Å². The minimum absolute atomic E-state index is 0.00575. The zero-order valence-electron chi connectivity index (χ0n) is 11.2. The summed E-state index contributed by atoms with van der Waals surface area (Å²) < 4.78 is 6.16. The molecule has 2 N–H and O–H groups in total. The standard InChI is InChI=1S/C11H24N2O2Si/c1-8(9-7-13(12)10(9)14)15-16(5,6)11(2,3)4/h8-9H,7,12H2,1-6H3/t8-,9+/m1/s1. The molecule has 0 saturated carbocycles. The maximum atomic E-state index is 11.5. The molecule has 4 nitrogen and oxygen atoms in total. The zero-order chi connectivity index (χ0) is 12.7. The fraction of sp³-hybridized carbons (Fsp3) is 0.909. The Labute approximate surface area is 99.2 Å². The van der Waals surface area contributed by atoms with E-state index >= 15 is 0 Å². The molecule has 1 fully saturated rings. The van der Waals surface area contributed by atoms with Gasteiger partial charge in [0.25, 0.3) is 0 Å². The predicted molar refractivity (Wildman–Crippen MR) is 67.1 cm³/mol. The van der Waals surface area contributed by atoms with E-state index in [4.69, 9.17) is 10.3 Å². The molecule has 0 spiro atoms. The van der Waals surface area contributed by atoms with Crippen LogP contribution in [-0.2, 0) is 9.22 Å². The van der Waals surface area contributed by atoms with Gasteiger partial charge in [0.2, 0.25) is 5.91 Å². The lowest BCUT2D eigenvalue weighted by Crippen LogP contribution is -2.61. The minimum atomic E-state index is -1.78. The summed E-state index contributed by atoms with van der Waals surface area (Å²) in [6.07, 6.45) is -0.0202. The molecule has 0 unspecified atom stereocenters. The Bertz CT molecular complexity index is 286. The smallest absolute Gasteiger partial charge is 0.244 e. The number of hydrogen-bond donors (Lipinski definition) is 1. The number of amides is 1. The fourth-order valence-corrected chi connectivity index (χ4v) is 3.00. The summed E-state index contributed by atoms with van der Waals surface area (Å²) in [6, 6.07) is 0. The molecule has 2 atom stereocenters. The number of carbonyl (C=O) groups is 1. The quantitative estimate of drug-likeness (QED) is 0.356. The van der Waals surface area contributed by atoms with Crippen molar-refractivity contribution in [2.45, 2.75) is 51.9 Å². The fourth-order valence-electron chi connectivity index (χ4n) is 1.55. The molecule has 1 amide bonds. The Balaban J connectivity index is 2.58. The molecule has 1 aliphatic heterocycles. The van der Waals surface area contributed by atoms with Crippen LogP contribution >= 0.6 is 0 Å². The maximum Gasteiger partial charge on any atom is 0.244 e. The second kappa shape index (κ2) is 4.12. The van der Waals surface area contributed by atoms with Crippen LogP contribution in [0.3, 0.4) is 0 Å². The van der Waals surface area contributed by atoms with E-state index in [0.717, 1.165) is 0 Å². The number of carbonyl (C=O) groups excluding carboxylic acids is 1. The van der Waals surface area contributed by atoms with E-state index in [0.29, 0.717) is 6.54 Å². The van der Waals surface area contributed by atoms with Crippen molar-refractivity contribution in [1.82, 2.24) is 5.01 Å². The summed E-state index contributed by atoms with van der Waals surface area (Å²) in [4.78, 5) is 11.5. The van der Waals surface area contributed by atoms with Gasteiger partial charge in [-0.25, -0.2) is 5.84 Å². The average Bonchev–Trinajstić information content (AvgIpc) is 2.10. The third kappa shape index (κ3) is 2.47. The first-order valence-electron chi connectivity index (χ1n) is 5.80. The molecule has 1 aliphatic rings. The molecule has 94 valence electrons. The SMILES string of the molecule is C[C@@H](O[Si](C)(C)C(C)(C)C)[C@@H]1CN(N)C1=O. The van der Waals surface area contributed by atoms with Gasteiger partial charge in [-0.1, -0.05) is 20.8 Å². The number of β-lactam (4-membered cyclic amide) rings is 1. The molecule has 16 heavy (non-hydrogen) atoms. The Hall–Kier alpha value is -0.393. The van der Waals surface area contributed by atoms with E-state index in [1.807, 2.05) is 6.92 Å². The highest BCUT2D eigenvalue weighted by Gasteiger charge is 2.44. The largest absolute Gasteiger partial charge is 0.413 e. The summed E-state index contributed by atoms with van der Waals surface area (Å²) in [7, 11) is -1.78. The van der Waals surface area contributed by atoms with E-state index in [-0.39, 0.29) is 23.0 Å². The first-order valence-corrected chi connectivity index (χ1v) is 8.71. The van der Waals surface area contributed by atoms with Crippen molar-refractivity contribution in [3.63, 3.8) is 0 Å². The second-order valence-corrected chi connectivity index (χ2v) is 10.9. The van der Waals surface area contributed by atoms with Crippen LogP contribution in [0.4, 0.5) is 0 Å². The first kappa shape index (κ1) is 13.7. The highest BCUT2D eigenvalue weighted by atomic mass is 28.4. The predicted octanol–water partition coefficient (Wildman–Crippen LogP) is 1.73. The van der Waals surface area contributed by atoms with Crippen molar-refractivity contribution in [3.05, 3.63) is 0 Å². The van der Waals surface area contributed by atoms with Gasteiger partial charge in [0, 0.05) is 0 Å². The van der Waals surface area contributed by atoms with Gasteiger partial charge in [0.15, 0.2) is 8.32 Å². The van der Waals surface area contributed by atoms with Gasteiger partial charge in [0.05, 0.1) is 18.6 Å². The van der Waals surface area contributed by atoms with Crippen LogP contribution in [-0.4, -0.2) is 31.9 Å². The van der Waals surface area contributed by atoms with Gasteiger partial charge in [-0.3, -0.25) is 9.80 Å². The molecule has 1 saturated heterocycles. The third-order valence-corrected chi connectivity index (χ3v) is 8.42. The normalized spacial score (nSPS) is 24.3. The second-order valence-electron chi connectivity index (χ2n) is 6.18. The van der Waals surface area contributed by atoms with Crippen LogP contribution in [0.15, 0.2) is 0 Å². The summed E-state index contributed by atoms with van der Waals surface area (Å²) in [5.41, 5.74) is 0. The number of rotatable bonds is 3. The molecule has 0 aromatic heterocycles. The zero-order valence-corrected chi connectivity index (χ0v) is 12.2. The number of hydrazine groups is 1. The molecule has 0 aromatic carbocycles. The van der Waals surface area contributed by atoms with Crippen molar-refractivity contribution in [3.8, 4) is 0 Å². The average molecular weight is 244 g/mol. The van der Waals surface area contributed by atoms with Crippen LogP contribution in [0.1, 0.15) is 27.7 Å².